The third kappa shape index (κ3) is 3.12. The van der Waals surface area contributed by atoms with E-state index < -0.39 is 21.7 Å². The molecule has 0 aliphatic rings. The molecule has 0 saturated heterocycles. The van der Waals surface area contributed by atoms with Crippen LogP contribution in [0.4, 0.5) is 12.7 Å². The molecule has 7 heteroatoms. The Bertz CT molecular complexity index is 456. The van der Waals surface area contributed by atoms with Gasteiger partial charge in [0.05, 0.1) is 4.90 Å². The normalized spacial score (nSPS) is 11.8. The van der Waals surface area contributed by atoms with Crippen molar-refractivity contribution in [3.05, 3.63) is 23.8 Å². The molecule has 1 aromatic carbocycles. The van der Waals surface area contributed by atoms with Gasteiger partial charge in [0.15, 0.2) is 0 Å². The fourth-order valence-electron chi connectivity index (χ4n) is 1.00. The zero-order valence-electron chi connectivity index (χ0n) is 7.58. The SMILES string of the molecule is Cc1cc(S(=O)(=O)F)ccc1OC(F)F. The van der Waals surface area contributed by atoms with Crippen molar-refractivity contribution in [2.75, 3.05) is 0 Å². The molecule has 0 fully saturated rings. The van der Waals surface area contributed by atoms with Gasteiger partial charge in [0, 0.05) is 0 Å². The highest BCUT2D eigenvalue weighted by Gasteiger charge is 2.14. The van der Waals surface area contributed by atoms with E-state index in [0.717, 1.165) is 18.2 Å². The molecule has 1 aromatic rings. The highest BCUT2D eigenvalue weighted by atomic mass is 32.3. The fourth-order valence-corrected chi connectivity index (χ4v) is 1.55. The van der Waals surface area contributed by atoms with Crippen LogP contribution in [-0.2, 0) is 10.2 Å². The summed E-state index contributed by atoms with van der Waals surface area (Å²) in [6, 6.07) is 2.76. The number of ether oxygens (including phenoxy) is 1. The van der Waals surface area contributed by atoms with Crippen LogP contribution in [0.25, 0.3) is 0 Å². The second kappa shape index (κ2) is 4.09. The van der Waals surface area contributed by atoms with Crippen molar-refractivity contribution < 1.29 is 25.8 Å². The Morgan fingerprint density at radius 3 is 2.33 bits per heavy atom. The zero-order valence-corrected chi connectivity index (χ0v) is 8.39. The van der Waals surface area contributed by atoms with E-state index in [1.165, 1.54) is 6.92 Å². The Morgan fingerprint density at radius 2 is 1.93 bits per heavy atom. The smallest absolute Gasteiger partial charge is 0.387 e. The van der Waals surface area contributed by atoms with Gasteiger partial charge in [-0.3, -0.25) is 0 Å². The lowest BCUT2D eigenvalue weighted by atomic mass is 10.2. The van der Waals surface area contributed by atoms with Gasteiger partial charge in [0.1, 0.15) is 5.75 Å². The van der Waals surface area contributed by atoms with Crippen LogP contribution in [0.1, 0.15) is 5.56 Å². The topological polar surface area (TPSA) is 43.4 Å². The van der Waals surface area contributed by atoms with Crippen molar-refractivity contribution >= 4 is 10.2 Å². The summed E-state index contributed by atoms with van der Waals surface area (Å²) in [6.07, 6.45) is 0. The number of benzene rings is 1. The minimum absolute atomic E-state index is 0.119. The monoisotopic (exact) mass is 240 g/mol. The number of rotatable bonds is 3. The molecule has 0 amide bonds. The Labute approximate surface area is 84.7 Å². The van der Waals surface area contributed by atoms with Gasteiger partial charge in [0.25, 0.3) is 0 Å². The molecule has 0 aliphatic carbocycles. The number of alkyl halides is 2. The van der Waals surface area contributed by atoms with Crippen LogP contribution in [0, 0.1) is 6.92 Å². The predicted octanol–water partition coefficient (Wildman–Crippen LogP) is 2.25. The van der Waals surface area contributed by atoms with Crippen molar-refractivity contribution in [1.29, 1.82) is 0 Å². The van der Waals surface area contributed by atoms with E-state index in [-0.39, 0.29) is 11.3 Å². The molecular weight excluding hydrogens is 233 g/mol. The summed E-state index contributed by atoms with van der Waals surface area (Å²) in [4.78, 5) is -0.582. The Balaban J connectivity index is 3.09. The number of hydrogen-bond donors (Lipinski definition) is 0. The second-order valence-electron chi connectivity index (χ2n) is 2.74. The molecule has 15 heavy (non-hydrogen) atoms. The van der Waals surface area contributed by atoms with E-state index in [1.807, 2.05) is 0 Å². The molecule has 0 aromatic heterocycles. The van der Waals surface area contributed by atoms with Gasteiger partial charge in [-0.1, -0.05) is 0 Å². The number of hydrogen-bond acceptors (Lipinski definition) is 3. The summed E-state index contributed by atoms with van der Waals surface area (Å²) >= 11 is 0. The largest absolute Gasteiger partial charge is 0.435 e. The third-order valence-corrected chi connectivity index (χ3v) is 2.46. The van der Waals surface area contributed by atoms with Gasteiger partial charge in [-0.05, 0) is 30.7 Å². The molecule has 3 nitrogen and oxygen atoms in total. The summed E-state index contributed by atoms with van der Waals surface area (Å²) in [5.41, 5.74) is 0.119. The van der Waals surface area contributed by atoms with E-state index in [4.69, 9.17) is 0 Å². The summed E-state index contributed by atoms with van der Waals surface area (Å²) in [5, 5.41) is 0. The van der Waals surface area contributed by atoms with E-state index in [1.54, 1.807) is 0 Å². The van der Waals surface area contributed by atoms with E-state index in [2.05, 4.69) is 4.74 Å². The lowest BCUT2D eigenvalue weighted by Gasteiger charge is -2.07. The minimum Gasteiger partial charge on any atom is -0.435 e. The van der Waals surface area contributed by atoms with Crippen molar-refractivity contribution in [1.82, 2.24) is 0 Å². The molecule has 0 atom stereocenters. The lowest BCUT2D eigenvalue weighted by Crippen LogP contribution is -2.04. The molecule has 0 bridgehead atoms. The zero-order chi connectivity index (χ0) is 11.6. The maximum atomic E-state index is 12.5. The molecular formula is C8H7F3O3S. The summed E-state index contributed by atoms with van der Waals surface area (Å²) in [6.45, 7) is -1.66. The summed E-state index contributed by atoms with van der Waals surface area (Å²) in [5.74, 6) is -0.183. The first-order valence-electron chi connectivity index (χ1n) is 3.81. The van der Waals surface area contributed by atoms with Crippen LogP contribution in [0.15, 0.2) is 23.1 Å². The molecule has 84 valence electrons. The first-order valence-corrected chi connectivity index (χ1v) is 5.19. The fraction of sp³-hybridized carbons (Fsp3) is 0.250. The molecule has 0 heterocycles. The first kappa shape index (κ1) is 11.8. The first-order chi connectivity index (χ1) is 6.80. The van der Waals surface area contributed by atoms with E-state index in [9.17, 15) is 21.1 Å². The van der Waals surface area contributed by atoms with Crippen LogP contribution in [0.2, 0.25) is 0 Å². The maximum absolute atomic E-state index is 12.5. The molecule has 0 spiro atoms. The summed E-state index contributed by atoms with van der Waals surface area (Å²) < 4.78 is 61.1. The van der Waals surface area contributed by atoms with Gasteiger partial charge < -0.3 is 4.74 Å². The van der Waals surface area contributed by atoms with Crippen LogP contribution in [-0.4, -0.2) is 15.0 Å². The van der Waals surface area contributed by atoms with Crippen LogP contribution < -0.4 is 4.74 Å². The predicted molar refractivity (Wildman–Crippen MR) is 46.1 cm³/mol. The van der Waals surface area contributed by atoms with Gasteiger partial charge in [-0.15, -0.1) is 3.89 Å². The number of halogens is 3. The standard InChI is InChI=1S/C8H7F3O3S/c1-5-4-6(15(11,12)13)2-3-7(5)14-8(9)10/h2-4,8H,1H3. The average molecular weight is 240 g/mol. The van der Waals surface area contributed by atoms with Crippen LogP contribution >= 0.6 is 0 Å². The Kier molecular flexibility index (Phi) is 3.23. The van der Waals surface area contributed by atoms with Gasteiger partial charge >= 0.3 is 16.8 Å². The second-order valence-corrected chi connectivity index (χ2v) is 4.09. The molecule has 1 rings (SSSR count). The van der Waals surface area contributed by atoms with Gasteiger partial charge in [-0.25, -0.2) is 0 Å². The van der Waals surface area contributed by atoms with Crippen molar-refractivity contribution in [2.45, 2.75) is 18.4 Å². The molecule has 0 saturated carbocycles. The Hall–Kier alpha value is -1.24. The van der Waals surface area contributed by atoms with Crippen molar-refractivity contribution in [3.8, 4) is 5.75 Å². The molecule has 0 N–H and O–H groups in total. The van der Waals surface area contributed by atoms with Gasteiger partial charge in [0.2, 0.25) is 0 Å². The quantitative estimate of drug-likeness (QED) is 0.761. The van der Waals surface area contributed by atoms with Crippen molar-refractivity contribution in [2.24, 2.45) is 0 Å². The summed E-state index contributed by atoms with van der Waals surface area (Å²) in [7, 11) is -4.81. The highest BCUT2D eigenvalue weighted by molar-refractivity contribution is 7.86. The molecule has 0 aliphatic heterocycles. The molecule has 0 radical (unpaired) electrons. The van der Waals surface area contributed by atoms with E-state index in [0.29, 0.717) is 0 Å². The van der Waals surface area contributed by atoms with Crippen LogP contribution in [0.3, 0.4) is 0 Å². The minimum atomic E-state index is -4.81. The van der Waals surface area contributed by atoms with Crippen LogP contribution in [0.5, 0.6) is 5.75 Å². The maximum Gasteiger partial charge on any atom is 0.387 e. The highest BCUT2D eigenvalue weighted by Crippen LogP contribution is 2.24. The average Bonchev–Trinajstić information content (AvgIpc) is 2.05. The van der Waals surface area contributed by atoms with E-state index >= 15 is 0 Å². The van der Waals surface area contributed by atoms with Gasteiger partial charge in [-0.2, -0.15) is 17.2 Å². The number of aryl methyl sites for hydroxylation is 1. The third-order valence-electron chi connectivity index (χ3n) is 1.64. The Morgan fingerprint density at radius 1 is 1.33 bits per heavy atom. The molecule has 0 unspecified atom stereocenters. The lowest BCUT2D eigenvalue weighted by molar-refractivity contribution is -0.0503. The van der Waals surface area contributed by atoms with Crippen molar-refractivity contribution in [3.63, 3.8) is 0 Å².